The zero-order valence-electron chi connectivity index (χ0n) is 19.1. The Kier molecular flexibility index (Phi) is 7.16. The van der Waals surface area contributed by atoms with Gasteiger partial charge in [-0.2, -0.15) is 0 Å². The van der Waals surface area contributed by atoms with E-state index in [2.05, 4.69) is 85.0 Å². The summed E-state index contributed by atoms with van der Waals surface area (Å²) in [5.41, 5.74) is 2.38. The molecule has 2 unspecified atom stereocenters. The average molecular weight is 470 g/mol. The van der Waals surface area contributed by atoms with Crippen LogP contribution in [0.1, 0.15) is 29.9 Å². The van der Waals surface area contributed by atoms with E-state index in [4.69, 9.17) is 9.47 Å². The molecule has 3 aromatic rings. The minimum Gasteiger partial charge on any atom is -0.490 e. The number of aryl methyl sites for hydroxylation is 1. The molecule has 3 aromatic carbocycles. The van der Waals surface area contributed by atoms with Crippen LogP contribution in [-0.4, -0.2) is 24.4 Å². The van der Waals surface area contributed by atoms with Crippen LogP contribution in [0.2, 0.25) is 0 Å². The summed E-state index contributed by atoms with van der Waals surface area (Å²) in [7, 11) is -0.0422. The Morgan fingerprint density at radius 3 is 2.21 bits per heavy atom. The molecule has 0 amide bonds. The van der Waals surface area contributed by atoms with Gasteiger partial charge in [0.1, 0.15) is 19.0 Å². The molecule has 4 heteroatoms. The summed E-state index contributed by atoms with van der Waals surface area (Å²) in [5.74, 6) is 0.569. The topological polar surface area (TPSA) is 35.5 Å². The summed E-state index contributed by atoms with van der Waals surface area (Å²) in [6, 6.07) is 29.6. The molecule has 0 fully saturated rings. The minimum atomic E-state index is -0.142. The maximum absolute atomic E-state index is 12.5. The molecule has 3 nitrogen and oxygen atoms in total. The van der Waals surface area contributed by atoms with Gasteiger partial charge in [-0.3, -0.25) is 4.79 Å². The third-order valence-electron chi connectivity index (χ3n) is 6.34. The van der Waals surface area contributed by atoms with Crippen molar-refractivity contribution < 1.29 is 14.3 Å². The number of carbonyl (C=O) groups is 1. The molecule has 172 valence electrons. The number of hydrogen-bond acceptors (Lipinski definition) is 3. The highest BCUT2D eigenvalue weighted by Gasteiger charge is 2.34. The van der Waals surface area contributed by atoms with Crippen molar-refractivity contribution in [1.82, 2.24) is 0 Å². The smallest absolute Gasteiger partial charge is 0.313 e. The van der Waals surface area contributed by atoms with E-state index >= 15 is 0 Å². The van der Waals surface area contributed by atoms with E-state index in [1.165, 1.54) is 15.4 Å². The van der Waals surface area contributed by atoms with Crippen molar-refractivity contribution in [1.29, 1.82) is 0 Å². The number of fused-ring (bicyclic) bond motifs is 1. The summed E-state index contributed by atoms with van der Waals surface area (Å²) in [5, 5.41) is 0.386. The largest absolute Gasteiger partial charge is 0.490 e. The standard InChI is InChI=1S/C30H29O3S/c31-30(29-20-15-23-9-7-8-14-28(23)29)33-22-21-32-24-16-18-27(19-17-24)34(25-10-3-1-4-11-25)26-12-5-2-6-13-26/h1-14,16-18,27,29H,15,19-22H2/q+1. The maximum atomic E-state index is 12.5. The van der Waals surface area contributed by atoms with E-state index in [0.717, 1.165) is 30.6 Å². The van der Waals surface area contributed by atoms with Crippen molar-refractivity contribution in [3.63, 3.8) is 0 Å². The molecule has 34 heavy (non-hydrogen) atoms. The summed E-state index contributed by atoms with van der Waals surface area (Å²) >= 11 is 0. The Labute approximate surface area is 204 Å². The molecule has 0 radical (unpaired) electrons. The van der Waals surface area contributed by atoms with Crippen LogP contribution in [0.3, 0.4) is 0 Å². The molecule has 0 saturated carbocycles. The van der Waals surface area contributed by atoms with Crippen molar-refractivity contribution >= 4 is 16.9 Å². The molecular formula is C30H29O3S+. The number of hydrogen-bond donors (Lipinski definition) is 0. The third kappa shape index (κ3) is 5.13. The van der Waals surface area contributed by atoms with Crippen LogP contribution in [0.4, 0.5) is 0 Å². The lowest BCUT2D eigenvalue weighted by molar-refractivity contribution is -0.146. The number of allylic oxidation sites excluding steroid dienone is 2. The molecule has 0 saturated heterocycles. The van der Waals surface area contributed by atoms with Gasteiger partial charge >= 0.3 is 5.97 Å². The van der Waals surface area contributed by atoms with Crippen molar-refractivity contribution in [3.8, 4) is 0 Å². The van der Waals surface area contributed by atoms with Crippen LogP contribution in [-0.2, 0) is 31.6 Å². The highest BCUT2D eigenvalue weighted by Crippen LogP contribution is 2.34. The van der Waals surface area contributed by atoms with Crippen molar-refractivity contribution in [2.24, 2.45) is 0 Å². The molecule has 0 aliphatic heterocycles. The van der Waals surface area contributed by atoms with Gasteiger partial charge in [0.15, 0.2) is 15.0 Å². The van der Waals surface area contributed by atoms with E-state index in [1.54, 1.807) is 0 Å². The van der Waals surface area contributed by atoms with Gasteiger partial charge in [0.25, 0.3) is 0 Å². The van der Waals surface area contributed by atoms with Crippen molar-refractivity contribution in [2.75, 3.05) is 13.2 Å². The Hall–Kier alpha value is -3.24. The van der Waals surface area contributed by atoms with Crippen LogP contribution in [0.5, 0.6) is 0 Å². The van der Waals surface area contributed by atoms with E-state index in [0.29, 0.717) is 11.9 Å². The van der Waals surface area contributed by atoms with Crippen molar-refractivity contribution in [3.05, 3.63) is 120 Å². The molecule has 0 spiro atoms. The number of esters is 1. The first-order valence-electron chi connectivity index (χ1n) is 11.9. The lowest BCUT2D eigenvalue weighted by Gasteiger charge is -2.19. The molecule has 0 heterocycles. The molecule has 0 aromatic heterocycles. The molecule has 5 rings (SSSR count). The predicted molar refractivity (Wildman–Crippen MR) is 137 cm³/mol. The van der Waals surface area contributed by atoms with Crippen LogP contribution < -0.4 is 0 Å². The molecular weight excluding hydrogens is 440 g/mol. The van der Waals surface area contributed by atoms with Crippen LogP contribution in [0.25, 0.3) is 0 Å². The Morgan fingerprint density at radius 2 is 1.53 bits per heavy atom. The van der Waals surface area contributed by atoms with Gasteiger partial charge in [0.05, 0.1) is 16.8 Å². The van der Waals surface area contributed by atoms with Gasteiger partial charge in [0.2, 0.25) is 0 Å². The fourth-order valence-corrected chi connectivity index (χ4v) is 7.08. The SMILES string of the molecule is O=C(OCCOC1=CCC([S+](c2ccccc2)c2ccccc2)C=C1)C1CCc2ccccc21. The first-order valence-corrected chi connectivity index (χ1v) is 13.2. The number of carbonyl (C=O) groups excluding carboxylic acids is 1. The monoisotopic (exact) mass is 469 g/mol. The minimum absolute atomic E-state index is 0.0422. The number of ether oxygens (including phenoxy) is 2. The van der Waals surface area contributed by atoms with Crippen LogP contribution in [0, 0.1) is 0 Å². The molecule has 2 aliphatic rings. The van der Waals surface area contributed by atoms with Gasteiger partial charge in [-0.15, -0.1) is 0 Å². The lowest BCUT2D eigenvalue weighted by atomic mass is 10.0. The maximum Gasteiger partial charge on any atom is 0.313 e. The van der Waals surface area contributed by atoms with Crippen LogP contribution >= 0.6 is 0 Å². The molecule has 0 N–H and O–H groups in total. The quantitative estimate of drug-likeness (QED) is 0.223. The zero-order chi connectivity index (χ0) is 23.2. The van der Waals surface area contributed by atoms with Gasteiger partial charge in [0, 0.05) is 6.42 Å². The zero-order valence-corrected chi connectivity index (χ0v) is 20.0. The Morgan fingerprint density at radius 1 is 0.853 bits per heavy atom. The molecule has 2 atom stereocenters. The van der Waals surface area contributed by atoms with Gasteiger partial charge in [-0.05, 0) is 66.5 Å². The first kappa shape index (κ1) is 22.5. The van der Waals surface area contributed by atoms with Gasteiger partial charge in [-0.25, -0.2) is 0 Å². The summed E-state index contributed by atoms with van der Waals surface area (Å²) in [6.45, 7) is 0.633. The van der Waals surface area contributed by atoms with E-state index in [9.17, 15) is 4.79 Å². The Bertz CT molecular complexity index is 1130. The second-order valence-electron chi connectivity index (χ2n) is 8.51. The highest BCUT2D eigenvalue weighted by atomic mass is 32.2. The fourth-order valence-electron chi connectivity index (χ4n) is 4.69. The summed E-state index contributed by atoms with van der Waals surface area (Å²) in [4.78, 5) is 15.2. The number of benzene rings is 3. The second-order valence-corrected chi connectivity index (χ2v) is 10.7. The summed E-state index contributed by atoms with van der Waals surface area (Å²) in [6.07, 6.45) is 9.18. The van der Waals surface area contributed by atoms with E-state index in [-0.39, 0.29) is 29.4 Å². The number of rotatable bonds is 8. The average Bonchev–Trinajstić information content (AvgIpc) is 3.33. The van der Waals surface area contributed by atoms with Gasteiger partial charge < -0.3 is 9.47 Å². The normalized spacial score (nSPS) is 18.9. The Balaban J connectivity index is 1.14. The molecule has 2 aliphatic carbocycles. The third-order valence-corrected chi connectivity index (χ3v) is 8.85. The van der Waals surface area contributed by atoms with E-state index in [1.807, 2.05) is 18.2 Å². The van der Waals surface area contributed by atoms with Gasteiger partial charge in [-0.1, -0.05) is 60.7 Å². The van der Waals surface area contributed by atoms with E-state index < -0.39 is 0 Å². The van der Waals surface area contributed by atoms with Crippen molar-refractivity contribution in [2.45, 2.75) is 40.2 Å². The fraction of sp³-hybridized carbons (Fsp3) is 0.233. The first-order chi connectivity index (χ1) is 16.8. The van der Waals surface area contributed by atoms with Crippen LogP contribution in [0.15, 0.2) is 119 Å². The predicted octanol–water partition coefficient (Wildman–Crippen LogP) is 6.23. The summed E-state index contributed by atoms with van der Waals surface area (Å²) < 4.78 is 11.4. The molecule has 0 bridgehead atoms. The highest BCUT2D eigenvalue weighted by molar-refractivity contribution is 7.97. The second kappa shape index (κ2) is 10.8. The lowest BCUT2D eigenvalue weighted by Crippen LogP contribution is -2.22.